The van der Waals surface area contributed by atoms with E-state index in [1.807, 2.05) is 18.7 Å². The van der Waals surface area contributed by atoms with Crippen LogP contribution in [0.3, 0.4) is 0 Å². The molecular weight excluding hydrogens is 276 g/mol. The predicted molar refractivity (Wildman–Crippen MR) is 78.4 cm³/mol. The number of benzene rings is 1. The van der Waals surface area contributed by atoms with E-state index in [0.29, 0.717) is 44.3 Å². The molecule has 1 saturated heterocycles. The van der Waals surface area contributed by atoms with Crippen molar-refractivity contribution in [2.24, 2.45) is 5.92 Å². The second-order valence-corrected chi connectivity index (χ2v) is 5.65. The van der Waals surface area contributed by atoms with Crippen molar-refractivity contribution in [3.8, 4) is 0 Å². The van der Waals surface area contributed by atoms with Gasteiger partial charge in [-0.05, 0) is 18.1 Å². The van der Waals surface area contributed by atoms with Gasteiger partial charge in [0.15, 0.2) is 11.6 Å². The molecule has 0 radical (unpaired) electrons. The molecule has 1 aromatic carbocycles. The van der Waals surface area contributed by atoms with Gasteiger partial charge < -0.3 is 15.1 Å². The molecule has 0 spiro atoms. The fourth-order valence-corrected chi connectivity index (χ4v) is 2.25. The molecule has 6 heteroatoms. The Balaban J connectivity index is 1.88. The maximum Gasteiger partial charge on any atom is 0.317 e. The van der Waals surface area contributed by atoms with Crippen LogP contribution in [0, 0.1) is 17.6 Å². The molecule has 116 valence electrons. The molecule has 4 nitrogen and oxygen atoms in total. The number of nitrogens with zero attached hydrogens (tertiary/aromatic N) is 2. The van der Waals surface area contributed by atoms with Crippen LogP contribution in [0.2, 0.25) is 0 Å². The van der Waals surface area contributed by atoms with Gasteiger partial charge in [-0.3, -0.25) is 0 Å². The van der Waals surface area contributed by atoms with Crippen LogP contribution in [0.15, 0.2) is 18.2 Å². The summed E-state index contributed by atoms with van der Waals surface area (Å²) in [6, 6.07) is 3.83. The zero-order valence-corrected chi connectivity index (χ0v) is 12.4. The van der Waals surface area contributed by atoms with Crippen molar-refractivity contribution in [1.29, 1.82) is 0 Å². The molecule has 1 fully saturated rings. The van der Waals surface area contributed by atoms with Crippen molar-refractivity contribution in [1.82, 2.24) is 10.2 Å². The van der Waals surface area contributed by atoms with Crippen LogP contribution in [0.1, 0.15) is 13.8 Å². The van der Waals surface area contributed by atoms with Crippen molar-refractivity contribution in [2.45, 2.75) is 13.8 Å². The van der Waals surface area contributed by atoms with Crippen molar-refractivity contribution < 1.29 is 13.6 Å². The summed E-state index contributed by atoms with van der Waals surface area (Å²) in [5, 5.41) is 2.88. The number of hydrogen-bond acceptors (Lipinski definition) is 2. The molecule has 1 aliphatic rings. The first-order valence-corrected chi connectivity index (χ1v) is 7.20. The number of amides is 2. The summed E-state index contributed by atoms with van der Waals surface area (Å²) < 4.78 is 26.2. The van der Waals surface area contributed by atoms with Crippen molar-refractivity contribution in [3.63, 3.8) is 0 Å². The molecule has 0 aromatic heterocycles. The van der Waals surface area contributed by atoms with E-state index in [-0.39, 0.29) is 6.03 Å². The highest BCUT2D eigenvalue weighted by Crippen LogP contribution is 2.19. The average Bonchev–Trinajstić information content (AvgIpc) is 2.48. The molecule has 1 aliphatic heterocycles. The van der Waals surface area contributed by atoms with Gasteiger partial charge in [-0.25, -0.2) is 13.6 Å². The lowest BCUT2D eigenvalue weighted by Crippen LogP contribution is -2.52. The second kappa shape index (κ2) is 6.74. The van der Waals surface area contributed by atoms with Crippen LogP contribution in [-0.4, -0.2) is 43.7 Å². The van der Waals surface area contributed by atoms with E-state index in [9.17, 15) is 13.6 Å². The van der Waals surface area contributed by atoms with E-state index in [0.717, 1.165) is 6.07 Å². The predicted octanol–water partition coefficient (Wildman–Crippen LogP) is 2.45. The summed E-state index contributed by atoms with van der Waals surface area (Å²) in [4.78, 5) is 15.6. The van der Waals surface area contributed by atoms with Gasteiger partial charge >= 0.3 is 6.03 Å². The maximum absolute atomic E-state index is 13.2. The maximum atomic E-state index is 13.2. The lowest BCUT2D eigenvalue weighted by molar-refractivity contribution is 0.193. The van der Waals surface area contributed by atoms with Crippen LogP contribution < -0.4 is 10.2 Å². The minimum atomic E-state index is -0.843. The minimum absolute atomic E-state index is 0.0614. The fraction of sp³-hybridized carbons (Fsp3) is 0.533. The van der Waals surface area contributed by atoms with Crippen LogP contribution in [0.4, 0.5) is 19.3 Å². The number of urea groups is 1. The van der Waals surface area contributed by atoms with E-state index < -0.39 is 11.6 Å². The number of halogens is 2. The molecule has 2 amide bonds. The Labute approximate surface area is 123 Å². The standard InChI is InChI=1S/C15H21F2N3O/c1-11(2)10-18-15(21)20-7-5-19(6-8-20)12-3-4-13(16)14(17)9-12/h3-4,9,11H,5-8,10H2,1-2H3,(H,18,21). The van der Waals surface area contributed by atoms with Gasteiger partial charge in [0.2, 0.25) is 0 Å². The van der Waals surface area contributed by atoms with Gasteiger partial charge in [-0.2, -0.15) is 0 Å². The number of hydrogen-bond donors (Lipinski definition) is 1. The third-order valence-corrected chi connectivity index (χ3v) is 3.50. The molecule has 0 bridgehead atoms. The number of nitrogens with one attached hydrogen (secondary N) is 1. The molecule has 0 atom stereocenters. The van der Waals surface area contributed by atoms with E-state index in [1.54, 1.807) is 11.0 Å². The summed E-state index contributed by atoms with van der Waals surface area (Å²) in [7, 11) is 0. The number of piperazine rings is 1. The van der Waals surface area contributed by atoms with E-state index in [2.05, 4.69) is 5.32 Å². The molecule has 0 saturated carbocycles. The third-order valence-electron chi connectivity index (χ3n) is 3.50. The van der Waals surface area contributed by atoms with Gasteiger partial charge in [-0.1, -0.05) is 13.8 Å². The Morgan fingerprint density at radius 3 is 2.43 bits per heavy atom. The molecular formula is C15H21F2N3O. The molecule has 21 heavy (non-hydrogen) atoms. The molecule has 1 heterocycles. The summed E-state index contributed by atoms with van der Waals surface area (Å²) in [5.41, 5.74) is 0.649. The van der Waals surface area contributed by atoms with Crippen molar-refractivity contribution in [3.05, 3.63) is 29.8 Å². The first kappa shape index (κ1) is 15.5. The molecule has 2 rings (SSSR count). The number of carbonyl (C=O) groups is 1. The first-order valence-electron chi connectivity index (χ1n) is 7.20. The van der Waals surface area contributed by atoms with Gasteiger partial charge in [0.25, 0.3) is 0 Å². The smallest absolute Gasteiger partial charge is 0.317 e. The Morgan fingerprint density at radius 1 is 1.19 bits per heavy atom. The first-order chi connectivity index (χ1) is 9.97. The van der Waals surface area contributed by atoms with Crippen LogP contribution >= 0.6 is 0 Å². The molecule has 1 aromatic rings. The zero-order chi connectivity index (χ0) is 15.4. The number of carbonyl (C=O) groups excluding carboxylic acids is 1. The SMILES string of the molecule is CC(C)CNC(=O)N1CCN(c2ccc(F)c(F)c2)CC1. The monoisotopic (exact) mass is 297 g/mol. The van der Waals surface area contributed by atoms with Gasteiger partial charge in [0.1, 0.15) is 0 Å². The van der Waals surface area contributed by atoms with Crippen LogP contribution in [0.5, 0.6) is 0 Å². The molecule has 0 aliphatic carbocycles. The summed E-state index contributed by atoms with van der Waals surface area (Å²) >= 11 is 0. The van der Waals surface area contributed by atoms with Crippen LogP contribution in [0.25, 0.3) is 0 Å². The van der Waals surface area contributed by atoms with Gasteiger partial charge in [0.05, 0.1) is 0 Å². The lowest BCUT2D eigenvalue weighted by Gasteiger charge is -2.36. The molecule has 1 N–H and O–H groups in total. The Kier molecular flexibility index (Phi) is 4.98. The normalized spacial score (nSPS) is 15.5. The molecule has 0 unspecified atom stereocenters. The number of anilines is 1. The largest absolute Gasteiger partial charge is 0.368 e. The second-order valence-electron chi connectivity index (χ2n) is 5.65. The highest BCUT2D eigenvalue weighted by atomic mass is 19.2. The van der Waals surface area contributed by atoms with Crippen molar-refractivity contribution >= 4 is 11.7 Å². The number of rotatable bonds is 3. The van der Waals surface area contributed by atoms with E-state index in [1.165, 1.54) is 6.07 Å². The quantitative estimate of drug-likeness (QED) is 0.930. The Morgan fingerprint density at radius 2 is 1.86 bits per heavy atom. The topological polar surface area (TPSA) is 35.6 Å². The van der Waals surface area contributed by atoms with Gasteiger partial charge in [-0.15, -0.1) is 0 Å². The summed E-state index contributed by atoms with van der Waals surface area (Å²) in [6.07, 6.45) is 0. The summed E-state index contributed by atoms with van der Waals surface area (Å²) in [5.74, 6) is -1.27. The highest BCUT2D eigenvalue weighted by Gasteiger charge is 2.21. The van der Waals surface area contributed by atoms with E-state index in [4.69, 9.17) is 0 Å². The van der Waals surface area contributed by atoms with Gasteiger partial charge in [0, 0.05) is 44.5 Å². The van der Waals surface area contributed by atoms with Crippen molar-refractivity contribution in [2.75, 3.05) is 37.6 Å². The third kappa shape index (κ3) is 4.06. The van der Waals surface area contributed by atoms with Crippen LogP contribution in [-0.2, 0) is 0 Å². The fourth-order valence-electron chi connectivity index (χ4n) is 2.25. The zero-order valence-electron chi connectivity index (χ0n) is 12.4. The average molecular weight is 297 g/mol. The Hall–Kier alpha value is -1.85. The van der Waals surface area contributed by atoms with E-state index >= 15 is 0 Å². The minimum Gasteiger partial charge on any atom is -0.368 e. The highest BCUT2D eigenvalue weighted by molar-refractivity contribution is 5.74. The summed E-state index contributed by atoms with van der Waals surface area (Å²) in [6.45, 7) is 7.11. The lowest BCUT2D eigenvalue weighted by atomic mass is 10.2. The Bertz CT molecular complexity index is 500.